The van der Waals surface area contributed by atoms with Crippen molar-refractivity contribution in [2.75, 3.05) is 26.1 Å². The van der Waals surface area contributed by atoms with Gasteiger partial charge in [-0.3, -0.25) is 24.0 Å². The van der Waals surface area contributed by atoms with Gasteiger partial charge in [0.15, 0.2) is 5.78 Å². The molecule has 0 spiro atoms. The van der Waals surface area contributed by atoms with Gasteiger partial charge in [0.25, 0.3) is 11.7 Å². The molecule has 4 aliphatic rings. The first-order chi connectivity index (χ1) is 34.1. The van der Waals surface area contributed by atoms with Crippen LogP contribution in [0.2, 0.25) is 0 Å². The minimum atomic E-state index is -2.50. The van der Waals surface area contributed by atoms with Crippen LogP contribution in [0.1, 0.15) is 151 Å². The molecular weight excluding hydrogens is 991 g/mol. The predicted molar refractivity (Wildman–Crippen MR) is 276 cm³/mol. The number of piperidine rings is 1. The van der Waals surface area contributed by atoms with Crippen LogP contribution in [-0.4, -0.2) is 136 Å². The zero-order chi connectivity index (χ0) is 53.3. The molecule has 4 rings (SSSR count). The molecule has 16 heteroatoms. The highest BCUT2D eigenvalue weighted by Crippen LogP contribution is 2.38. The van der Waals surface area contributed by atoms with Crippen molar-refractivity contribution in [2.45, 2.75) is 206 Å². The topological polar surface area (TPSA) is 212 Å². The van der Waals surface area contributed by atoms with Gasteiger partial charge in [-0.05, 0) is 120 Å². The van der Waals surface area contributed by atoms with Gasteiger partial charge >= 0.3 is 11.9 Å². The Morgan fingerprint density at radius 1 is 0.875 bits per heavy atom. The van der Waals surface area contributed by atoms with E-state index in [0.717, 1.165) is 29.5 Å². The molecule has 1 saturated carbocycles. The van der Waals surface area contributed by atoms with E-state index in [1.54, 1.807) is 60.0 Å². The van der Waals surface area contributed by atoms with Gasteiger partial charge in [-0.2, -0.15) is 0 Å². The van der Waals surface area contributed by atoms with Crippen molar-refractivity contribution in [1.82, 2.24) is 4.90 Å². The normalized spacial score (nSPS) is 37.5. The molecule has 2 saturated heterocycles. The zero-order valence-corrected chi connectivity index (χ0v) is 46.0. The largest absolute Gasteiger partial charge is 0.460 e. The molecule has 406 valence electrons. The quantitative estimate of drug-likeness (QED) is 0.0588. The van der Waals surface area contributed by atoms with Crippen LogP contribution in [0.4, 0.5) is 0 Å². The number of Topliss-reactive ketones (excluding diaryl/α,β-unsaturated/α-hetero) is 3. The van der Waals surface area contributed by atoms with Crippen molar-refractivity contribution in [3.63, 3.8) is 0 Å². The molecule has 1 amide bonds. The van der Waals surface area contributed by atoms with Crippen molar-refractivity contribution in [3.05, 3.63) is 47.6 Å². The maximum Gasteiger partial charge on any atom is 0.329 e. The van der Waals surface area contributed by atoms with Crippen LogP contribution in [0, 0.1) is 35.5 Å². The first kappa shape index (κ1) is 61.2. The van der Waals surface area contributed by atoms with Gasteiger partial charge < -0.3 is 43.9 Å². The standard InChI is InChI=1S/C56H86BrNO14/c1-34-18-12-10-13-19-35(2)44(59)32-42-24-22-40(7)56(67,72-42)53(64)54(65)58-27-17-15-20-43(58)55(66)71-47(33-45(60)36(3)29-39(6)51(63)52(69-9)50(62)38(5)28-34)37(4)30-41-23-25-46(48(31-41)68-8)70-49(61)21-14-11-16-26-57/h10,12-13,18-19,29,34,36-38,40-44,46-48,51-52,59,63,67H,11,14-17,20-28,30-33H2,1-9H3/b13-10+,18-12+,35-19+,39-29+/t34-,36-,37-,38-,40-,41+,42+,43+,44+,46-,47+,48-,51-,52+,56-/m1/s1. The molecule has 15 atom stereocenters. The highest BCUT2D eigenvalue weighted by atomic mass is 79.9. The summed E-state index contributed by atoms with van der Waals surface area (Å²) in [6, 6.07) is -1.18. The summed E-state index contributed by atoms with van der Waals surface area (Å²) in [4.78, 5) is 84.9. The van der Waals surface area contributed by atoms with E-state index in [0.29, 0.717) is 75.4 Å². The van der Waals surface area contributed by atoms with Gasteiger partial charge in [0.1, 0.15) is 36.2 Å². The lowest BCUT2D eigenvalue weighted by Gasteiger charge is -2.42. The Hall–Kier alpha value is -3.38. The van der Waals surface area contributed by atoms with Crippen molar-refractivity contribution in [1.29, 1.82) is 0 Å². The van der Waals surface area contributed by atoms with E-state index in [4.69, 9.17) is 23.7 Å². The number of hydrogen-bond acceptors (Lipinski definition) is 14. The number of aliphatic hydroxyl groups is 3. The van der Waals surface area contributed by atoms with Crippen LogP contribution < -0.4 is 0 Å². The fourth-order valence-electron chi connectivity index (χ4n) is 10.7. The summed E-state index contributed by atoms with van der Waals surface area (Å²) < 4.78 is 29.7. The summed E-state index contributed by atoms with van der Waals surface area (Å²) in [5.74, 6) is -8.70. The van der Waals surface area contributed by atoms with Gasteiger partial charge in [0, 0.05) is 63.1 Å². The molecule has 0 radical (unpaired) electrons. The summed E-state index contributed by atoms with van der Waals surface area (Å²) in [5.41, 5.74) is 0.986. The third-order valence-electron chi connectivity index (χ3n) is 15.5. The molecule has 3 aliphatic heterocycles. The predicted octanol–water partition coefficient (Wildman–Crippen LogP) is 8.03. The zero-order valence-electron chi connectivity index (χ0n) is 44.4. The molecule has 15 nitrogen and oxygen atoms in total. The number of alkyl halides is 1. The molecule has 0 aromatic heterocycles. The van der Waals surface area contributed by atoms with Crippen LogP contribution in [0.25, 0.3) is 0 Å². The lowest BCUT2D eigenvalue weighted by atomic mass is 9.78. The van der Waals surface area contributed by atoms with Crippen LogP contribution in [0.15, 0.2) is 47.6 Å². The van der Waals surface area contributed by atoms with E-state index in [-0.39, 0.29) is 67.2 Å². The third-order valence-corrected chi connectivity index (χ3v) is 16.1. The average Bonchev–Trinajstić information content (AvgIpc) is 3.35. The number of ether oxygens (including phenoxy) is 5. The first-order valence-corrected chi connectivity index (χ1v) is 27.7. The Morgan fingerprint density at radius 3 is 2.31 bits per heavy atom. The molecule has 72 heavy (non-hydrogen) atoms. The van der Waals surface area contributed by atoms with Gasteiger partial charge in [-0.1, -0.05) is 93.4 Å². The van der Waals surface area contributed by atoms with Gasteiger partial charge in [-0.25, -0.2) is 4.79 Å². The number of rotatable bonds is 11. The second kappa shape index (κ2) is 29.6. The second-order valence-corrected chi connectivity index (χ2v) is 22.1. The molecule has 2 bridgehead atoms. The van der Waals surface area contributed by atoms with Gasteiger partial charge in [0.2, 0.25) is 5.79 Å². The maximum atomic E-state index is 14.5. The number of aliphatic hydroxyl groups excluding tert-OH is 2. The fraction of sp³-hybridized carbons (Fsp3) is 0.750. The molecule has 0 unspecified atom stereocenters. The lowest BCUT2D eigenvalue weighted by molar-refractivity contribution is -0.265. The van der Waals surface area contributed by atoms with E-state index in [1.165, 1.54) is 7.11 Å². The van der Waals surface area contributed by atoms with Crippen LogP contribution in [0.3, 0.4) is 0 Å². The second-order valence-electron chi connectivity index (χ2n) is 21.3. The average molecular weight is 1080 g/mol. The Morgan fingerprint density at radius 2 is 1.61 bits per heavy atom. The van der Waals surface area contributed by atoms with E-state index in [9.17, 15) is 44.1 Å². The monoisotopic (exact) mass is 1080 g/mol. The van der Waals surface area contributed by atoms with E-state index in [1.807, 2.05) is 32.1 Å². The SMILES string of the molecule is CO[C@@H]1C[C@H](C[C@@H](C)[C@@H]2CC(=O)[C@H](C)/C=C(\C)[C@@H](O)[C@@H](OC)C(=O)[C@H](C)C[C@H](C)/C=C/C=C/C=C(\C)[C@@H](O)C[C@@H]3CC[C@@H](C)[C@@](O)(O3)C(=O)C(=O)N3CCCC[C@H]3C(=O)O2)CC[C@H]1OC(=O)CCCCCBr. The van der Waals surface area contributed by atoms with Crippen LogP contribution >= 0.6 is 15.9 Å². The van der Waals surface area contributed by atoms with Crippen molar-refractivity contribution >= 4 is 51.1 Å². The number of allylic oxidation sites excluding steroid dienone is 6. The Bertz CT molecular complexity index is 1950. The van der Waals surface area contributed by atoms with Crippen molar-refractivity contribution in [3.8, 4) is 0 Å². The van der Waals surface area contributed by atoms with E-state index >= 15 is 0 Å². The maximum absolute atomic E-state index is 14.5. The number of cyclic esters (lactones) is 1. The summed E-state index contributed by atoms with van der Waals surface area (Å²) in [5, 5.41) is 35.4. The van der Waals surface area contributed by atoms with E-state index < -0.39 is 83.9 Å². The number of esters is 2. The minimum absolute atomic E-state index is 0.0153. The van der Waals surface area contributed by atoms with Crippen LogP contribution in [-0.2, 0) is 52.5 Å². The number of carbonyl (C=O) groups is 6. The molecular formula is C56H86BrNO14. The summed E-state index contributed by atoms with van der Waals surface area (Å²) in [6.45, 7) is 12.4. The Kier molecular flexibility index (Phi) is 25.2. The third kappa shape index (κ3) is 17.3. The molecule has 3 heterocycles. The molecule has 1 aliphatic carbocycles. The number of hydrogen-bond donors (Lipinski definition) is 3. The number of methoxy groups -OCH3 is 2. The summed E-state index contributed by atoms with van der Waals surface area (Å²) in [6.07, 6.45) is 12.5. The number of fused-ring (bicyclic) bond motifs is 3. The van der Waals surface area contributed by atoms with Crippen molar-refractivity contribution in [2.24, 2.45) is 35.5 Å². The Labute approximate surface area is 437 Å². The van der Waals surface area contributed by atoms with E-state index in [2.05, 4.69) is 15.9 Å². The summed E-state index contributed by atoms with van der Waals surface area (Å²) in [7, 11) is 2.96. The minimum Gasteiger partial charge on any atom is -0.460 e. The molecule has 0 aromatic carbocycles. The highest BCUT2D eigenvalue weighted by Gasteiger charge is 2.53. The molecule has 3 fully saturated rings. The number of halogens is 1. The fourth-order valence-corrected chi connectivity index (χ4v) is 11.1. The molecule has 0 aromatic rings. The number of amides is 1. The van der Waals surface area contributed by atoms with Gasteiger partial charge in [0.05, 0.1) is 18.3 Å². The van der Waals surface area contributed by atoms with Crippen molar-refractivity contribution < 1.29 is 67.8 Å². The number of carbonyl (C=O) groups excluding carboxylic acids is 6. The highest BCUT2D eigenvalue weighted by molar-refractivity contribution is 9.09. The molecule has 3 N–H and O–H groups in total. The number of unbranched alkanes of at least 4 members (excludes halogenated alkanes) is 2. The first-order valence-electron chi connectivity index (χ1n) is 26.5. The smallest absolute Gasteiger partial charge is 0.329 e. The van der Waals surface area contributed by atoms with Crippen LogP contribution in [0.5, 0.6) is 0 Å². The lowest BCUT2D eigenvalue weighted by Crippen LogP contribution is -2.61. The number of ketones is 3. The number of nitrogens with zero attached hydrogens (tertiary/aromatic N) is 1. The summed E-state index contributed by atoms with van der Waals surface area (Å²) >= 11 is 3.42. The van der Waals surface area contributed by atoms with Gasteiger partial charge in [-0.15, -0.1) is 0 Å². The Balaban J connectivity index is 1.66.